The highest BCUT2D eigenvalue weighted by Gasteiger charge is 2.05. The average Bonchev–Trinajstić information content (AvgIpc) is 3.07. The molecule has 2 heterocycles. The molecule has 0 bridgehead atoms. The Bertz CT molecular complexity index is 769. The van der Waals surface area contributed by atoms with Crippen LogP contribution in [0.1, 0.15) is 11.1 Å². The molecule has 1 N–H and O–H groups in total. The van der Waals surface area contributed by atoms with Gasteiger partial charge >= 0.3 is 0 Å². The maximum Gasteiger partial charge on any atom is 0.287 e. The number of hydrogen-bond donors (Lipinski definition) is 1. The molecule has 0 atom stereocenters. The maximum absolute atomic E-state index is 10.6. The number of benzene rings is 1. The summed E-state index contributed by atoms with van der Waals surface area (Å²) in [4.78, 5) is 18.0. The van der Waals surface area contributed by atoms with E-state index in [9.17, 15) is 10.1 Å². The molecule has 0 radical (unpaired) electrons. The minimum atomic E-state index is -0.468. The molecule has 8 heteroatoms. The van der Waals surface area contributed by atoms with E-state index in [0.29, 0.717) is 18.9 Å². The van der Waals surface area contributed by atoms with Gasteiger partial charge in [0.2, 0.25) is 0 Å². The molecule has 116 valence electrons. The Labute approximate surface area is 132 Å². The Balaban J connectivity index is 1.56. The van der Waals surface area contributed by atoms with Crippen molar-refractivity contribution < 1.29 is 4.92 Å². The van der Waals surface area contributed by atoms with Crippen molar-refractivity contribution in [1.82, 2.24) is 19.7 Å². The molecule has 3 rings (SSSR count). The van der Waals surface area contributed by atoms with Crippen molar-refractivity contribution in [2.75, 3.05) is 5.32 Å². The molecule has 0 fully saturated rings. The average molecular weight is 310 g/mol. The molecule has 0 spiro atoms. The molecular weight excluding hydrogens is 296 g/mol. The topological polar surface area (TPSA) is 98.8 Å². The van der Waals surface area contributed by atoms with Crippen molar-refractivity contribution in [2.45, 2.75) is 13.1 Å². The Morgan fingerprint density at radius 2 is 1.91 bits per heavy atom. The minimum Gasteiger partial charge on any atom is -0.366 e. The summed E-state index contributed by atoms with van der Waals surface area (Å²) in [7, 11) is 0. The molecule has 0 aliphatic rings. The van der Waals surface area contributed by atoms with Gasteiger partial charge < -0.3 is 5.32 Å². The number of aromatic nitrogens is 4. The third kappa shape index (κ3) is 3.88. The van der Waals surface area contributed by atoms with Crippen LogP contribution in [0, 0.1) is 10.1 Å². The quantitative estimate of drug-likeness (QED) is 0.554. The SMILES string of the molecule is O=[N+]([O-])c1ccc(NCc2ccc(Cn3cncn3)cc2)nc1. The molecule has 0 amide bonds. The summed E-state index contributed by atoms with van der Waals surface area (Å²) in [5.41, 5.74) is 2.20. The van der Waals surface area contributed by atoms with E-state index in [1.807, 2.05) is 24.3 Å². The smallest absolute Gasteiger partial charge is 0.287 e. The van der Waals surface area contributed by atoms with Crippen LogP contribution in [0.2, 0.25) is 0 Å². The van der Waals surface area contributed by atoms with Gasteiger partial charge in [-0.1, -0.05) is 24.3 Å². The van der Waals surface area contributed by atoms with E-state index < -0.39 is 4.92 Å². The third-order valence-electron chi connectivity index (χ3n) is 3.27. The largest absolute Gasteiger partial charge is 0.366 e. The maximum atomic E-state index is 10.6. The van der Waals surface area contributed by atoms with Crippen molar-refractivity contribution in [3.8, 4) is 0 Å². The summed E-state index contributed by atoms with van der Waals surface area (Å²) < 4.78 is 1.76. The number of hydrogen-bond acceptors (Lipinski definition) is 6. The van der Waals surface area contributed by atoms with E-state index >= 15 is 0 Å². The lowest BCUT2D eigenvalue weighted by Gasteiger charge is -2.07. The Morgan fingerprint density at radius 3 is 2.52 bits per heavy atom. The normalized spacial score (nSPS) is 10.4. The zero-order valence-electron chi connectivity index (χ0n) is 12.2. The van der Waals surface area contributed by atoms with E-state index in [1.54, 1.807) is 17.1 Å². The van der Waals surface area contributed by atoms with Gasteiger partial charge in [0.1, 0.15) is 24.7 Å². The van der Waals surface area contributed by atoms with Crippen LogP contribution >= 0.6 is 0 Å². The molecule has 0 saturated carbocycles. The van der Waals surface area contributed by atoms with Gasteiger partial charge in [0.25, 0.3) is 5.69 Å². The number of nitrogens with zero attached hydrogens (tertiary/aromatic N) is 5. The van der Waals surface area contributed by atoms with E-state index in [-0.39, 0.29) is 5.69 Å². The minimum absolute atomic E-state index is 0.0204. The van der Waals surface area contributed by atoms with Gasteiger partial charge in [0.15, 0.2) is 0 Å². The monoisotopic (exact) mass is 310 g/mol. The van der Waals surface area contributed by atoms with Crippen molar-refractivity contribution in [1.29, 1.82) is 0 Å². The molecule has 2 aromatic heterocycles. The van der Waals surface area contributed by atoms with Crippen molar-refractivity contribution >= 4 is 11.5 Å². The first-order valence-electron chi connectivity index (χ1n) is 6.95. The van der Waals surface area contributed by atoms with E-state index in [0.717, 1.165) is 11.1 Å². The highest BCUT2D eigenvalue weighted by molar-refractivity contribution is 5.40. The Kier molecular flexibility index (Phi) is 4.23. The van der Waals surface area contributed by atoms with E-state index in [4.69, 9.17) is 0 Å². The molecule has 0 aliphatic carbocycles. The third-order valence-corrected chi connectivity index (χ3v) is 3.27. The van der Waals surface area contributed by atoms with Gasteiger partial charge in [-0.05, 0) is 17.2 Å². The van der Waals surface area contributed by atoms with Gasteiger partial charge in [0.05, 0.1) is 11.5 Å². The van der Waals surface area contributed by atoms with Crippen LogP contribution in [0.4, 0.5) is 11.5 Å². The highest BCUT2D eigenvalue weighted by Crippen LogP contribution is 2.13. The lowest BCUT2D eigenvalue weighted by Crippen LogP contribution is -2.03. The number of rotatable bonds is 6. The Morgan fingerprint density at radius 1 is 1.13 bits per heavy atom. The lowest BCUT2D eigenvalue weighted by atomic mass is 10.1. The second-order valence-corrected chi connectivity index (χ2v) is 4.92. The summed E-state index contributed by atoms with van der Waals surface area (Å²) >= 11 is 0. The fourth-order valence-corrected chi connectivity index (χ4v) is 2.06. The molecular formula is C15H14N6O2. The number of anilines is 1. The summed E-state index contributed by atoms with van der Waals surface area (Å²) in [6.07, 6.45) is 4.43. The fraction of sp³-hybridized carbons (Fsp3) is 0.133. The molecule has 0 unspecified atom stereocenters. The van der Waals surface area contributed by atoms with Gasteiger partial charge in [-0.2, -0.15) is 5.10 Å². The van der Waals surface area contributed by atoms with E-state index in [2.05, 4.69) is 20.4 Å². The first-order valence-corrected chi connectivity index (χ1v) is 6.95. The number of pyridine rings is 1. The van der Waals surface area contributed by atoms with Crippen LogP contribution in [0.15, 0.2) is 55.2 Å². The molecule has 23 heavy (non-hydrogen) atoms. The molecule has 0 aliphatic heterocycles. The fourth-order valence-electron chi connectivity index (χ4n) is 2.06. The first-order chi connectivity index (χ1) is 11.2. The van der Waals surface area contributed by atoms with Gasteiger partial charge in [0, 0.05) is 12.6 Å². The molecule has 1 aromatic carbocycles. The van der Waals surface area contributed by atoms with Crippen LogP contribution in [-0.4, -0.2) is 24.7 Å². The van der Waals surface area contributed by atoms with Crippen LogP contribution in [0.3, 0.4) is 0 Å². The summed E-state index contributed by atoms with van der Waals surface area (Å²) in [5.74, 6) is 0.599. The number of nitro groups is 1. The Hall–Kier alpha value is -3.29. The second kappa shape index (κ2) is 6.65. The van der Waals surface area contributed by atoms with Crippen LogP contribution in [0.5, 0.6) is 0 Å². The highest BCUT2D eigenvalue weighted by atomic mass is 16.6. The zero-order chi connectivity index (χ0) is 16.1. The molecule has 8 nitrogen and oxygen atoms in total. The van der Waals surface area contributed by atoms with Crippen molar-refractivity contribution in [2.24, 2.45) is 0 Å². The van der Waals surface area contributed by atoms with Gasteiger partial charge in [-0.3, -0.25) is 10.1 Å². The van der Waals surface area contributed by atoms with Gasteiger partial charge in [-0.15, -0.1) is 0 Å². The van der Waals surface area contributed by atoms with Crippen LogP contribution < -0.4 is 5.32 Å². The van der Waals surface area contributed by atoms with Crippen LogP contribution in [-0.2, 0) is 13.1 Å². The molecule has 3 aromatic rings. The van der Waals surface area contributed by atoms with Gasteiger partial charge in [-0.25, -0.2) is 14.6 Å². The zero-order valence-corrected chi connectivity index (χ0v) is 12.2. The van der Waals surface area contributed by atoms with Crippen molar-refractivity contribution in [3.05, 3.63) is 76.5 Å². The summed E-state index contributed by atoms with van der Waals surface area (Å²) in [5, 5.41) is 17.8. The number of nitrogens with one attached hydrogen (secondary N) is 1. The lowest BCUT2D eigenvalue weighted by molar-refractivity contribution is -0.385. The predicted octanol–water partition coefficient (Wildman–Crippen LogP) is 2.24. The second-order valence-electron chi connectivity index (χ2n) is 4.92. The summed E-state index contributed by atoms with van der Waals surface area (Å²) in [6.45, 7) is 1.27. The van der Waals surface area contributed by atoms with E-state index in [1.165, 1.54) is 18.6 Å². The first kappa shape index (κ1) is 14.6. The van der Waals surface area contributed by atoms with Crippen molar-refractivity contribution in [3.63, 3.8) is 0 Å². The standard InChI is InChI=1S/C15H14N6O2/c22-21(23)14-5-6-15(18-8-14)17-7-12-1-3-13(4-2-12)9-20-11-16-10-19-20/h1-6,8,10-11H,7,9H2,(H,17,18). The predicted molar refractivity (Wildman–Crippen MR) is 83.8 cm³/mol. The van der Waals surface area contributed by atoms with Crippen LogP contribution in [0.25, 0.3) is 0 Å². The summed E-state index contributed by atoms with van der Waals surface area (Å²) in [6, 6.07) is 11.1. The molecule has 0 saturated heterocycles.